The van der Waals surface area contributed by atoms with Gasteiger partial charge in [-0.05, 0) is 43.2 Å². The van der Waals surface area contributed by atoms with E-state index in [1.807, 2.05) is 18.2 Å². The summed E-state index contributed by atoms with van der Waals surface area (Å²) in [7, 11) is 0. The standard InChI is InChI=1S/C15H22BrNO/c1-10-5-11(2)7-14(6-10)18-15-8-13(16)4-3-12(15)9-17/h3-4,8,10-11,14H,5-7,9,17H2,1-2H3. The Kier molecular flexibility index (Phi) is 4.68. The highest BCUT2D eigenvalue weighted by Gasteiger charge is 2.25. The number of nitrogens with two attached hydrogens (primary N) is 1. The number of benzene rings is 1. The summed E-state index contributed by atoms with van der Waals surface area (Å²) >= 11 is 3.49. The summed E-state index contributed by atoms with van der Waals surface area (Å²) in [6.07, 6.45) is 3.97. The topological polar surface area (TPSA) is 35.2 Å². The molecule has 1 saturated carbocycles. The van der Waals surface area contributed by atoms with Crippen LogP contribution in [0.3, 0.4) is 0 Å². The molecular weight excluding hydrogens is 290 g/mol. The first-order valence-corrected chi connectivity index (χ1v) is 7.53. The Morgan fingerprint density at radius 1 is 1.22 bits per heavy atom. The molecule has 2 atom stereocenters. The van der Waals surface area contributed by atoms with Crippen LogP contribution in [-0.4, -0.2) is 6.10 Å². The van der Waals surface area contributed by atoms with Gasteiger partial charge in [-0.2, -0.15) is 0 Å². The summed E-state index contributed by atoms with van der Waals surface area (Å²) in [6.45, 7) is 5.16. The fraction of sp³-hybridized carbons (Fsp3) is 0.600. The minimum atomic E-state index is 0.336. The predicted molar refractivity (Wildman–Crippen MR) is 78.6 cm³/mol. The number of rotatable bonds is 3. The second kappa shape index (κ2) is 6.07. The Morgan fingerprint density at radius 3 is 2.50 bits per heavy atom. The second-order valence-electron chi connectivity index (χ2n) is 5.61. The zero-order valence-electron chi connectivity index (χ0n) is 11.2. The highest BCUT2D eigenvalue weighted by molar-refractivity contribution is 9.10. The lowest BCUT2D eigenvalue weighted by Crippen LogP contribution is -2.28. The van der Waals surface area contributed by atoms with Gasteiger partial charge in [-0.1, -0.05) is 35.8 Å². The Bertz CT molecular complexity index is 397. The van der Waals surface area contributed by atoms with Crippen molar-refractivity contribution in [2.75, 3.05) is 0 Å². The smallest absolute Gasteiger partial charge is 0.125 e. The maximum absolute atomic E-state index is 6.19. The van der Waals surface area contributed by atoms with E-state index < -0.39 is 0 Å². The molecule has 2 rings (SSSR count). The Balaban J connectivity index is 2.10. The zero-order chi connectivity index (χ0) is 13.1. The largest absolute Gasteiger partial charge is 0.490 e. The van der Waals surface area contributed by atoms with Crippen molar-refractivity contribution in [2.45, 2.75) is 45.8 Å². The van der Waals surface area contributed by atoms with Crippen LogP contribution in [0.4, 0.5) is 0 Å². The first-order valence-electron chi connectivity index (χ1n) is 6.73. The van der Waals surface area contributed by atoms with Crippen LogP contribution in [0, 0.1) is 11.8 Å². The van der Waals surface area contributed by atoms with E-state index in [2.05, 4.69) is 29.8 Å². The average molecular weight is 312 g/mol. The lowest BCUT2D eigenvalue weighted by Gasteiger charge is -2.32. The van der Waals surface area contributed by atoms with Gasteiger partial charge in [-0.15, -0.1) is 0 Å². The zero-order valence-corrected chi connectivity index (χ0v) is 12.7. The molecule has 2 N–H and O–H groups in total. The molecule has 1 aromatic rings. The van der Waals surface area contributed by atoms with Gasteiger partial charge in [0.25, 0.3) is 0 Å². The van der Waals surface area contributed by atoms with Gasteiger partial charge in [0, 0.05) is 16.6 Å². The van der Waals surface area contributed by atoms with E-state index >= 15 is 0 Å². The van der Waals surface area contributed by atoms with E-state index in [0.717, 1.165) is 40.5 Å². The quantitative estimate of drug-likeness (QED) is 0.911. The van der Waals surface area contributed by atoms with Crippen molar-refractivity contribution in [2.24, 2.45) is 17.6 Å². The van der Waals surface area contributed by atoms with Crippen molar-refractivity contribution >= 4 is 15.9 Å². The SMILES string of the molecule is CC1CC(C)CC(Oc2cc(Br)ccc2CN)C1. The number of hydrogen-bond donors (Lipinski definition) is 1. The van der Waals surface area contributed by atoms with Crippen molar-refractivity contribution in [3.05, 3.63) is 28.2 Å². The summed E-state index contributed by atoms with van der Waals surface area (Å²) in [5, 5.41) is 0. The third kappa shape index (κ3) is 3.48. The molecule has 0 aromatic heterocycles. The third-order valence-electron chi connectivity index (χ3n) is 3.68. The fourth-order valence-corrected chi connectivity index (χ4v) is 3.30. The van der Waals surface area contributed by atoms with E-state index in [1.165, 1.54) is 6.42 Å². The molecule has 0 bridgehead atoms. The molecular formula is C15H22BrNO. The monoisotopic (exact) mass is 311 g/mol. The first kappa shape index (κ1) is 13.9. The molecule has 18 heavy (non-hydrogen) atoms. The maximum Gasteiger partial charge on any atom is 0.125 e. The van der Waals surface area contributed by atoms with Gasteiger partial charge in [-0.3, -0.25) is 0 Å². The number of hydrogen-bond acceptors (Lipinski definition) is 2. The number of ether oxygens (including phenoxy) is 1. The molecule has 0 saturated heterocycles. The van der Waals surface area contributed by atoms with E-state index in [4.69, 9.17) is 10.5 Å². The molecule has 0 heterocycles. The molecule has 1 fully saturated rings. The van der Waals surface area contributed by atoms with Gasteiger partial charge < -0.3 is 10.5 Å². The van der Waals surface area contributed by atoms with Crippen LogP contribution in [0.2, 0.25) is 0 Å². The van der Waals surface area contributed by atoms with Crippen LogP contribution in [-0.2, 0) is 6.54 Å². The maximum atomic E-state index is 6.19. The molecule has 0 radical (unpaired) electrons. The molecule has 2 unspecified atom stereocenters. The Hall–Kier alpha value is -0.540. The van der Waals surface area contributed by atoms with Crippen LogP contribution in [0.1, 0.15) is 38.7 Å². The van der Waals surface area contributed by atoms with Gasteiger partial charge in [-0.25, -0.2) is 0 Å². The van der Waals surface area contributed by atoms with Gasteiger partial charge in [0.2, 0.25) is 0 Å². The fourth-order valence-electron chi connectivity index (χ4n) is 2.96. The van der Waals surface area contributed by atoms with Crippen LogP contribution < -0.4 is 10.5 Å². The molecule has 1 aromatic carbocycles. The van der Waals surface area contributed by atoms with Crippen LogP contribution in [0.25, 0.3) is 0 Å². The Labute approximate surface area is 118 Å². The highest BCUT2D eigenvalue weighted by atomic mass is 79.9. The summed E-state index contributed by atoms with van der Waals surface area (Å²) in [4.78, 5) is 0. The normalized spacial score (nSPS) is 28.1. The molecule has 1 aliphatic rings. The average Bonchev–Trinajstić information content (AvgIpc) is 2.27. The van der Waals surface area contributed by atoms with Gasteiger partial charge in [0.15, 0.2) is 0 Å². The minimum absolute atomic E-state index is 0.336. The van der Waals surface area contributed by atoms with E-state index in [0.29, 0.717) is 12.6 Å². The van der Waals surface area contributed by atoms with Gasteiger partial charge >= 0.3 is 0 Å². The predicted octanol–water partition coefficient (Wildman–Crippen LogP) is 4.11. The van der Waals surface area contributed by atoms with Gasteiger partial charge in [0.1, 0.15) is 5.75 Å². The van der Waals surface area contributed by atoms with Crippen molar-refractivity contribution in [1.29, 1.82) is 0 Å². The van der Waals surface area contributed by atoms with Crippen molar-refractivity contribution < 1.29 is 4.74 Å². The number of halogens is 1. The molecule has 100 valence electrons. The third-order valence-corrected chi connectivity index (χ3v) is 4.17. The molecule has 0 spiro atoms. The summed E-state index contributed by atoms with van der Waals surface area (Å²) < 4.78 is 7.24. The van der Waals surface area contributed by atoms with Gasteiger partial charge in [0.05, 0.1) is 6.10 Å². The van der Waals surface area contributed by atoms with E-state index in [-0.39, 0.29) is 0 Å². The molecule has 2 nitrogen and oxygen atoms in total. The van der Waals surface area contributed by atoms with E-state index in [1.54, 1.807) is 0 Å². The van der Waals surface area contributed by atoms with Crippen LogP contribution in [0.5, 0.6) is 5.75 Å². The second-order valence-corrected chi connectivity index (χ2v) is 6.53. The molecule has 1 aliphatic carbocycles. The molecule has 0 aliphatic heterocycles. The summed E-state index contributed by atoms with van der Waals surface area (Å²) in [6, 6.07) is 6.09. The van der Waals surface area contributed by atoms with Crippen LogP contribution >= 0.6 is 15.9 Å². The highest BCUT2D eigenvalue weighted by Crippen LogP contribution is 2.33. The van der Waals surface area contributed by atoms with Crippen molar-refractivity contribution in [3.63, 3.8) is 0 Å². The lowest BCUT2D eigenvalue weighted by atomic mass is 9.82. The molecule has 3 heteroatoms. The summed E-state index contributed by atoms with van der Waals surface area (Å²) in [5.74, 6) is 2.46. The lowest BCUT2D eigenvalue weighted by molar-refractivity contribution is 0.100. The van der Waals surface area contributed by atoms with Crippen molar-refractivity contribution in [1.82, 2.24) is 0 Å². The minimum Gasteiger partial charge on any atom is -0.490 e. The van der Waals surface area contributed by atoms with E-state index in [9.17, 15) is 0 Å². The Morgan fingerprint density at radius 2 is 1.89 bits per heavy atom. The summed E-state index contributed by atoms with van der Waals surface area (Å²) in [5.41, 5.74) is 6.85. The first-order chi connectivity index (χ1) is 8.58. The molecule has 0 amide bonds. The van der Waals surface area contributed by atoms with Crippen LogP contribution in [0.15, 0.2) is 22.7 Å². The van der Waals surface area contributed by atoms with Crippen molar-refractivity contribution in [3.8, 4) is 5.75 Å².